The fourth-order valence-electron chi connectivity index (χ4n) is 3.04. The van der Waals surface area contributed by atoms with Gasteiger partial charge in [0.15, 0.2) is 0 Å². The lowest BCUT2D eigenvalue weighted by Crippen LogP contribution is -2.48. The summed E-state index contributed by atoms with van der Waals surface area (Å²) < 4.78 is 27.3. The molecule has 0 unspecified atom stereocenters. The van der Waals surface area contributed by atoms with Crippen molar-refractivity contribution in [2.45, 2.75) is 49.5 Å². The molecule has 22 heavy (non-hydrogen) atoms. The molecular formula is C16H22N2O3S. The van der Waals surface area contributed by atoms with E-state index in [-0.39, 0.29) is 12.3 Å². The number of hydrogen-bond acceptors (Lipinski definition) is 3. The molecule has 0 aromatic heterocycles. The predicted octanol–water partition coefficient (Wildman–Crippen LogP) is 1.85. The molecule has 1 amide bonds. The molecule has 5 nitrogen and oxygen atoms in total. The summed E-state index contributed by atoms with van der Waals surface area (Å²) in [7, 11) is -3.60. The Labute approximate surface area is 131 Å². The summed E-state index contributed by atoms with van der Waals surface area (Å²) in [5, 5.41) is 2.74. The molecule has 1 aromatic rings. The van der Waals surface area contributed by atoms with E-state index in [4.69, 9.17) is 0 Å². The molecule has 1 saturated heterocycles. The Morgan fingerprint density at radius 2 is 1.82 bits per heavy atom. The zero-order valence-electron chi connectivity index (χ0n) is 13.0. The van der Waals surface area contributed by atoms with Gasteiger partial charge >= 0.3 is 0 Å². The van der Waals surface area contributed by atoms with Gasteiger partial charge in [-0.1, -0.05) is 12.1 Å². The maximum Gasteiger partial charge on any atom is 0.243 e. The monoisotopic (exact) mass is 322 g/mol. The molecule has 0 bridgehead atoms. The topological polar surface area (TPSA) is 66.5 Å². The number of amides is 1. The van der Waals surface area contributed by atoms with Crippen molar-refractivity contribution in [3.63, 3.8) is 0 Å². The molecule has 2 fully saturated rings. The van der Waals surface area contributed by atoms with Crippen LogP contribution in [0.1, 0.15) is 44.6 Å². The number of sulfonamides is 1. The van der Waals surface area contributed by atoms with E-state index in [1.165, 1.54) is 22.7 Å². The molecule has 0 spiro atoms. The van der Waals surface area contributed by atoms with Crippen molar-refractivity contribution in [2.75, 3.05) is 13.1 Å². The molecule has 1 aromatic carbocycles. The lowest BCUT2D eigenvalue weighted by Gasteiger charge is -2.34. The number of nitrogens with zero attached hydrogens (tertiary/aromatic N) is 1. The van der Waals surface area contributed by atoms with Crippen LogP contribution >= 0.6 is 0 Å². The molecular weight excluding hydrogens is 300 g/mol. The average molecular weight is 322 g/mol. The van der Waals surface area contributed by atoms with Crippen molar-refractivity contribution in [2.24, 2.45) is 0 Å². The van der Waals surface area contributed by atoms with Crippen LogP contribution in [0, 0.1) is 0 Å². The molecule has 1 heterocycles. The van der Waals surface area contributed by atoms with Crippen molar-refractivity contribution in [1.29, 1.82) is 0 Å². The van der Waals surface area contributed by atoms with Gasteiger partial charge < -0.3 is 5.32 Å². The van der Waals surface area contributed by atoms with Crippen LogP contribution in [0.2, 0.25) is 0 Å². The van der Waals surface area contributed by atoms with Crippen molar-refractivity contribution < 1.29 is 13.2 Å². The minimum atomic E-state index is -3.60. The molecule has 0 radical (unpaired) electrons. The highest BCUT2D eigenvalue weighted by Gasteiger charge is 2.40. The van der Waals surface area contributed by atoms with Gasteiger partial charge in [0, 0.05) is 25.0 Å². The van der Waals surface area contributed by atoms with Crippen LogP contribution in [0.15, 0.2) is 29.2 Å². The van der Waals surface area contributed by atoms with Crippen LogP contribution in [0.5, 0.6) is 0 Å². The second-order valence-corrected chi connectivity index (χ2v) is 8.62. The zero-order valence-corrected chi connectivity index (χ0v) is 13.8. The maximum absolute atomic E-state index is 12.9. The highest BCUT2D eigenvalue weighted by molar-refractivity contribution is 7.89. The summed E-state index contributed by atoms with van der Waals surface area (Å²) in [5.74, 6) is 0.500. The van der Waals surface area contributed by atoms with Crippen LogP contribution in [-0.4, -0.2) is 37.3 Å². The van der Waals surface area contributed by atoms with Gasteiger partial charge in [-0.05, 0) is 50.3 Å². The Morgan fingerprint density at radius 1 is 1.18 bits per heavy atom. The van der Waals surface area contributed by atoms with E-state index in [1.807, 2.05) is 12.1 Å². The molecule has 1 aliphatic heterocycles. The van der Waals surface area contributed by atoms with E-state index in [0.29, 0.717) is 23.9 Å². The first-order chi connectivity index (χ1) is 10.3. The largest absolute Gasteiger partial charge is 0.355 e. The summed E-state index contributed by atoms with van der Waals surface area (Å²) >= 11 is 0. The number of benzene rings is 1. The third kappa shape index (κ3) is 2.90. The van der Waals surface area contributed by atoms with Crippen LogP contribution in [0.25, 0.3) is 0 Å². The van der Waals surface area contributed by atoms with Crippen molar-refractivity contribution in [3.8, 4) is 0 Å². The number of carbonyl (C=O) groups excluding carboxylic acids is 1. The van der Waals surface area contributed by atoms with Gasteiger partial charge in [0.2, 0.25) is 15.9 Å². The van der Waals surface area contributed by atoms with Crippen molar-refractivity contribution in [3.05, 3.63) is 29.8 Å². The molecule has 1 N–H and O–H groups in total. The van der Waals surface area contributed by atoms with E-state index in [1.54, 1.807) is 26.0 Å². The standard InChI is InChI=1S/C16H22N2O3S/c1-16(2)11-15(19)17-9-10-18(16)22(20,21)14-7-5-13(6-8-14)12-3-4-12/h5-8,12H,3-4,9-11H2,1-2H3,(H,17,19). The van der Waals surface area contributed by atoms with E-state index >= 15 is 0 Å². The Hall–Kier alpha value is -1.40. The number of rotatable bonds is 3. The van der Waals surface area contributed by atoms with Gasteiger partial charge in [0.1, 0.15) is 0 Å². The quantitative estimate of drug-likeness (QED) is 0.923. The van der Waals surface area contributed by atoms with E-state index in [0.717, 1.165) is 0 Å². The fraction of sp³-hybridized carbons (Fsp3) is 0.562. The Bertz CT molecular complexity index is 676. The number of carbonyl (C=O) groups is 1. The molecule has 1 aliphatic carbocycles. The van der Waals surface area contributed by atoms with Crippen molar-refractivity contribution >= 4 is 15.9 Å². The van der Waals surface area contributed by atoms with Gasteiger partial charge in [0.25, 0.3) is 0 Å². The van der Waals surface area contributed by atoms with Gasteiger partial charge in [-0.2, -0.15) is 4.31 Å². The second-order valence-electron chi connectivity index (χ2n) is 6.76. The first kappa shape index (κ1) is 15.5. The van der Waals surface area contributed by atoms with Gasteiger partial charge in [0.05, 0.1) is 4.90 Å². The lowest BCUT2D eigenvalue weighted by atomic mass is 10.0. The van der Waals surface area contributed by atoms with Gasteiger partial charge in [-0.15, -0.1) is 0 Å². The van der Waals surface area contributed by atoms with E-state index in [9.17, 15) is 13.2 Å². The third-order valence-corrected chi connectivity index (χ3v) is 6.55. The smallest absolute Gasteiger partial charge is 0.243 e. The summed E-state index contributed by atoms with van der Waals surface area (Å²) in [4.78, 5) is 12.0. The van der Waals surface area contributed by atoms with Gasteiger partial charge in [-0.25, -0.2) is 8.42 Å². The highest BCUT2D eigenvalue weighted by atomic mass is 32.2. The lowest BCUT2D eigenvalue weighted by molar-refractivity contribution is -0.121. The third-order valence-electron chi connectivity index (χ3n) is 4.42. The fourth-order valence-corrected chi connectivity index (χ4v) is 4.83. The molecule has 6 heteroatoms. The van der Waals surface area contributed by atoms with Gasteiger partial charge in [-0.3, -0.25) is 4.79 Å². The minimum absolute atomic E-state index is 0.105. The Balaban J connectivity index is 1.91. The second kappa shape index (κ2) is 5.35. The summed E-state index contributed by atoms with van der Waals surface area (Å²) in [5.41, 5.74) is 0.486. The molecule has 2 aliphatic rings. The maximum atomic E-state index is 12.9. The highest BCUT2D eigenvalue weighted by Crippen LogP contribution is 2.40. The first-order valence-corrected chi connectivity index (χ1v) is 9.14. The molecule has 120 valence electrons. The number of nitrogens with one attached hydrogen (secondary N) is 1. The number of hydrogen-bond donors (Lipinski definition) is 1. The Morgan fingerprint density at radius 3 is 2.41 bits per heavy atom. The van der Waals surface area contributed by atoms with Crippen LogP contribution in [-0.2, 0) is 14.8 Å². The van der Waals surface area contributed by atoms with E-state index < -0.39 is 15.6 Å². The minimum Gasteiger partial charge on any atom is -0.355 e. The average Bonchev–Trinajstić information content (AvgIpc) is 3.26. The molecule has 0 atom stereocenters. The van der Waals surface area contributed by atoms with Crippen molar-refractivity contribution in [1.82, 2.24) is 9.62 Å². The summed E-state index contributed by atoms with van der Waals surface area (Å²) in [6, 6.07) is 7.22. The molecule has 3 rings (SSSR count). The summed E-state index contributed by atoms with van der Waals surface area (Å²) in [6.07, 6.45) is 2.56. The summed E-state index contributed by atoms with van der Waals surface area (Å²) in [6.45, 7) is 4.25. The zero-order chi connectivity index (χ0) is 16.0. The molecule has 1 saturated carbocycles. The predicted molar refractivity (Wildman–Crippen MR) is 84.0 cm³/mol. The Kier molecular flexibility index (Phi) is 3.77. The van der Waals surface area contributed by atoms with Crippen LogP contribution < -0.4 is 5.32 Å². The van der Waals surface area contributed by atoms with E-state index in [2.05, 4.69) is 5.32 Å². The van der Waals surface area contributed by atoms with Crippen LogP contribution in [0.3, 0.4) is 0 Å². The first-order valence-electron chi connectivity index (χ1n) is 7.70. The normalized spacial score (nSPS) is 22.9. The SMILES string of the molecule is CC1(C)CC(=O)NCCN1S(=O)(=O)c1ccc(C2CC2)cc1. The van der Waals surface area contributed by atoms with Crippen LogP contribution in [0.4, 0.5) is 0 Å².